The third-order valence-electron chi connectivity index (χ3n) is 5.16. The van der Waals surface area contributed by atoms with Gasteiger partial charge in [0.1, 0.15) is 12.4 Å². The van der Waals surface area contributed by atoms with Gasteiger partial charge >= 0.3 is 0 Å². The summed E-state index contributed by atoms with van der Waals surface area (Å²) in [5.74, 6) is 2.61. The Hall–Kier alpha value is -2.35. The number of nitrogens with zero attached hydrogens (tertiary/aromatic N) is 4. The molecule has 1 aromatic heterocycles. The number of ether oxygens (including phenoxy) is 2. The fraction of sp³-hybridized carbons (Fsp3) is 0.391. The van der Waals surface area contributed by atoms with Crippen LogP contribution in [0.4, 0.5) is 0 Å². The zero-order valence-corrected chi connectivity index (χ0v) is 18.2. The van der Waals surface area contributed by atoms with Gasteiger partial charge in [0.25, 0.3) is 0 Å². The average molecular weight is 425 g/mol. The van der Waals surface area contributed by atoms with Gasteiger partial charge in [-0.05, 0) is 36.2 Å². The molecule has 3 aromatic rings. The van der Waals surface area contributed by atoms with Crippen LogP contribution >= 0.6 is 11.8 Å². The van der Waals surface area contributed by atoms with E-state index in [1.807, 2.05) is 30.3 Å². The first kappa shape index (κ1) is 20.9. The fourth-order valence-electron chi connectivity index (χ4n) is 3.38. The van der Waals surface area contributed by atoms with Crippen molar-refractivity contribution in [3.05, 3.63) is 66.0 Å². The normalized spacial score (nSPS) is 14.7. The van der Waals surface area contributed by atoms with Crippen molar-refractivity contribution in [3.63, 3.8) is 0 Å². The maximum Gasteiger partial charge on any atom is 0.195 e. The van der Waals surface area contributed by atoms with Gasteiger partial charge in [-0.25, -0.2) is 0 Å². The summed E-state index contributed by atoms with van der Waals surface area (Å²) in [6, 6.07) is 18.5. The number of aromatic nitrogens is 3. The predicted molar refractivity (Wildman–Crippen MR) is 119 cm³/mol. The maximum atomic E-state index is 6.01. The molecule has 0 aliphatic carbocycles. The summed E-state index contributed by atoms with van der Waals surface area (Å²) < 4.78 is 13.5. The fourth-order valence-corrected chi connectivity index (χ4v) is 4.35. The lowest BCUT2D eigenvalue weighted by molar-refractivity contribution is 0.0410. The SMILES string of the molecule is CCc1ccc(OCc2nnc(SCCN3CCOCC3)n2-c2ccccc2)cc1. The second kappa shape index (κ2) is 10.6. The molecule has 0 unspecified atom stereocenters. The van der Waals surface area contributed by atoms with Gasteiger partial charge in [-0.3, -0.25) is 9.47 Å². The van der Waals surface area contributed by atoms with E-state index in [4.69, 9.17) is 9.47 Å². The molecular weight excluding hydrogens is 396 g/mol. The van der Waals surface area contributed by atoms with Crippen LogP contribution in [-0.4, -0.2) is 58.3 Å². The van der Waals surface area contributed by atoms with Crippen LogP contribution in [0.1, 0.15) is 18.3 Å². The molecular formula is C23H28N4O2S. The topological polar surface area (TPSA) is 52.4 Å². The monoisotopic (exact) mass is 424 g/mol. The highest BCUT2D eigenvalue weighted by Gasteiger charge is 2.16. The van der Waals surface area contributed by atoms with E-state index in [-0.39, 0.29) is 0 Å². The molecule has 0 saturated carbocycles. The summed E-state index contributed by atoms with van der Waals surface area (Å²) in [7, 11) is 0. The molecule has 30 heavy (non-hydrogen) atoms. The minimum Gasteiger partial charge on any atom is -0.486 e. The molecule has 6 nitrogen and oxygen atoms in total. The van der Waals surface area contributed by atoms with Crippen molar-refractivity contribution in [2.24, 2.45) is 0 Å². The standard InChI is InChI=1S/C23H28N4O2S/c1-2-19-8-10-21(11-9-19)29-18-22-24-25-23(27(22)20-6-4-3-5-7-20)30-17-14-26-12-15-28-16-13-26/h3-11H,2,12-18H2,1H3. The number of hydrogen-bond acceptors (Lipinski definition) is 6. The van der Waals surface area contributed by atoms with E-state index in [1.165, 1.54) is 5.56 Å². The Morgan fingerprint density at radius 1 is 1.00 bits per heavy atom. The molecule has 1 fully saturated rings. The largest absolute Gasteiger partial charge is 0.486 e. The van der Waals surface area contributed by atoms with E-state index in [1.54, 1.807) is 11.8 Å². The lowest BCUT2D eigenvalue weighted by atomic mass is 10.2. The van der Waals surface area contributed by atoms with E-state index in [9.17, 15) is 0 Å². The molecule has 1 aliphatic rings. The van der Waals surface area contributed by atoms with Crippen LogP contribution in [-0.2, 0) is 17.8 Å². The Morgan fingerprint density at radius 2 is 1.77 bits per heavy atom. The first-order valence-electron chi connectivity index (χ1n) is 10.5. The van der Waals surface area contributed by atoms with Gasteiger partial charge in [-0.15, -0.1) is 10.2 Å². The quantitative estimate of drug-likeness (QED) is 0.487. The molecule has 1 saturated heterocycles. The minimum absolute atomic E-state index is 0.372. The Morgan fingerprint density at radius 3 is 2.50 bits per heavy atom. The number of rotatable bonds is 9. The lowest BCUT2D eigenvalue weighted by Crippen LogP contribution is -2.37. The summed E-state index contributed by atoms with van der Waals surface area (Å²) in [4.78, 5) is 2.43. The van der Waals surface area contributed by atoms with Crippen molar-refractivity contribution in [3.8, 4) is 11.4 Å². The van der Waals surface area contributed by atoms with E-state index < -0.39 is 0 Å². The van der Waals surface area contributed by atoms with Gasteiger partial charge in [-0.1, -0.05) is 49.0 Å². The Kier molecular flexibility index (Phi) is 7.39. The van der Waals surface area contributed by atoms with Crippen molar-refractivity contribution in [1.29, 1.82) is 0 Å². The second-order valence-electron chi connectivity index (χ2n) is 7.16. The Labute approximate surface area is 182 Å². The highest BCUT2D eigenvalue weighted by atomic mass is 32.2. The molecule has 158 valence electrons. The number of para-hydroxylation sites is 1. The van der Waals surface area contributed by atoms with Gasteiger partial charge in [0.15, 0.2) is 11.0 Å². The molecule has 0 radical (unpaired) electrons. The molecule has 0 N–H and O–H groups in total. The summed E-state index contributed by atoms with van der Waals surface area (Å²) in [5, 5.41) is 9.81. The first-order chi connectivity index (χ1) is 14.8. The number of benzene rings is 2. The number of hydrogen-bond donors (Lipinski definition) is 0. The van der Waals surface area contributed by atoms with Gasteiger partial charge in [0.2, 0.25) is 0 Å². The van der Waals surface area contributed by atoms with Crippen LogP contribution in [0.25, 0.3) is 5.69 Å². The highest BCUT2D eigenvalue weighted by Crippen LogP contribution is 2.23. The van der Waals surface area contributed by atoms with Crippen LogP contribution < -0.4 is 4.74 Å². The third-order valence-corrected chi connectivity index (χ3v) is 6.07. The van der Waals surface area contributed by atoms with E-state index in [0.29, 0.717) is 6.61 Å². The Balaban J connectivity index is 1.45. The molecule has 7 heteroatoms. The molecule has 4 rings (SSSR count). The molecule has 0 spiro atoms. The molecule has 0 bridgehead atoms. The summed E-state index contributed by atoms with van der Waals surface area (Å²) >= 11 is 1.73. The van der Waals surface area contributed by atoms with Crippen LogP contribution in [0.5, 0.6) is 5.75 Å². The minimum atomic E-state index is 0.372. The van der Waals surface area contributed by atoms with Crippen molar-refractivity contribution in [2.75, 3.05) is 38.6 Å². The van der Waals surface area contributed by atoms with Gasteiger partial charge in [0, 0.05) is 31.1 Å². The summed E-state index contributed by atoms with van der Waals surface area (Å²) in [5.41, 5.74) is 2.35. The van der Waals surface area contributed by atoms with Crippen molar-refractivity contribution >= 4 is 11.8 Å². The Bertz CT molecular complexity index is 909. The summed E-state index contributed by atoms with van der Waals surface area (Å²) in [6.45, 7) is 7.19. The molecule has 0 amide bonds. The zero-order valence-electron chi connectivity index (χ0n) is 17.4. The van der Waals surface area contributed by atoms with Gasteiger partial charge in [-0.2, -0.15) is 0 Å². The maximum absolute atomic E-state index is 6.01. The first-order valence-corrected chi connectivity index (χ1v) is 11.5. The van der Waals surface area contributed by atoms with E-state index in [2.05, 4.69) is 50.9 Å². The van der Waals surface area contributed by atoms with Crippen LogP contribution in [0.2, 0.25) is 0 Å². The molecule has 0 atom stereocenters. The van der Waals surface area contributed by atoms with Crippen molar-refractivity contribution < 1.29 is 9.47 Å². The van der Waals surface area contributed by atoms with Crippen molar-refractivity contribution in [2.45, 2.75) is 25.1 Å². The predicted octanol–water partition coefficient (Wildman–Crippen LogP) is 3.83. The molecule has 1 aliphatic heterocycles. The van der Waals surface area contributed by atoms with E-state index in [0.717, 1.165) is 67.4 Å². The lowest BCUT2D eigenvalue weighted by Gasteiger charge is -2.26. The van der Waals surface area contributed by atoms with Crippen LogP contribution in [0.3, 0.4) is 0 Å². The highest BCUT2D eigenvalue weighted by molar-refractivity contribution is 7.99. The zero-order chi connectivity index (χ0) is 20.6. The summed E-state index contributed by atoms with van der Waals surface area (Å²) in [6.07, 6.45) is 1.02. The smallest absolute Gasteiger partial charge is 0.195 e. The number of thioether (sulfide) groups is 1. The van der Waals surface area contributed by atoms with Gasteiger partial charge in [0.05, 0.1) is 13.2 Å². The van der Waals surface area contributed by atoms with Gasteiger partial charge < -0.3 is 9.47 Å². The second-order valence-corrected chi connectivity index (χ2v) is 8.22. The third kappa shape index (κ3) is 5.41. The van der Waals surface area contributed by atoms with E-state index >= 15 is 0 Å². The number of aryl methyl sites for hydroxylation is 1. The van der Waals surface area contributed by atoms with Crippen LogP contribution in [0.15, 0.2) is 59.8 Å². The van der Waals surface area contributed by atoms with Crippen molar-refractivity contribution in [1.82, 2.24) is 19.7 Å². The molecule has 2 heterocycles. The molecule has 2 aromatic carbocycles. The average Bonchev–Trinajstić information content (AvgIpc) is 3.22. The number of morpholine rings is 1. The van der Waals surface area contributed by atoms with Crippen LogP contribution in [0, 0.1) is 0 Å².